The molecule has 0 N–H and O–H groups in total. The summed E-state index contributed by atoms with van der Waals surface area (Å²) in [6.07, 6.45) is 0.767. The van der Waals surface area contributed by atoms with Crippen molar-refractivity contribution >= 4 is 6.08 Å². The minimum atomic E-state index is -1.49. The Morgan fingerprint density at radius 1 is 1.06 bits per heavy atom. The summed E-state index contributed by atoms with van der Waals surface area (Å²) in [6, 6.07) is 0. The van der Waals surface area contributed by atoms with E-state index in [9.17, 15) is 17.6 Å². The van der Waals surface area contributed by atoms with Crippen LogP contribution in [0.15, 0.2) is 5.70 Å². The molecule has 0 aliphatic heterocycles. The minimum Gasteiger partial charge on any atom is -0.243 e. The van der Waals surface area contributed by atoms with Gasteiger partial charge in [0.2, 0.25) is 0 Å². The molecule has 0 saturated carbocycles. The quantitative estimate of drug-likeness (QED) is 0.391. The Hall–Kier alpha value is -1.83. The van der Waals surface area contributed by atoms with Crippen molar-refractivity contribution in [2.75, 3.05) is 0 Å². The maximum Gasteiger partial charge on any atom is 0.168 e. The molecule has 5 heteroatoms. The lowest BCUT2D eigenvalue weighted by Crippen LogP contribution is -2.03. The molecule has 0 aliphatic rings. The van der Waals surface area contributed by atoms with Crippen LogP contribution in [0.5, 0.6) is 0 Å². The second kappa shape index (κ2) is 4.35. The summed E-state index contributed by atoms with van der Waals surface area (Å²) in [6.45, 7) is 8.79. The highest BCUT2D eigenvalue weighted by molar-refractivity contribution is 5.56. The van der Waals surface area contributed by atoms with Crippen LogP contribution >= 0.6 is 0 Å². The average molecular weight is 229 g/mol. The molecule has 1 nitrogen and oxygen atoms in total. The van der Waals surface area contributed by atoms with E-state index in [2.05, 4.69) is 4.85 Å². The zero-order valence-corrected chi connectivity index (χ0v) is 8.54. The maximum atomic E-state index is 13.3. The van der Waals surface area contributed by atoms with Gasteiger partial charge in [-0.1, -0.05) is 0 Å². The minimum absolute atomic E-state index is 0.0690. The molecular formula is C11H7F4N. The van der Waals surface area contributed by atoms with Crippen LogP contribution in [0.1, 0.15) is 18.1 Å². The summed E-state index contributed by atoms with van der Waals surface area (Å²) in [7, 11) is 0. The summed E-state index contributed by atoms with van der Waals surface area (Å²) in [5.41, 5.74) is -1.65. The summed E-state index contributed by atoms with van der Waals surface area (Å²) in [5.74, 6) is -5.86. The molecule has 0 heterocycles. The topological polar surface area (TPSA) is 4.36 Å². The molecule has 0 amide bonds. The Bertz CT molecular complexity index is 483. The van der Waals surface area contributed by atoms with Gasteiger partial charge in [0.1, 0.15) is 0 Å². The lowest BCUT2D eigenvalue weighted by Gasteiger charge is -2.06. The van der Waals surface area contributed by atoms with Gasteiger partial charge in [-0.25, -0.2) is 22.4 Å². The van der Waals surface area contributed by atoms with Gasteiger partial charge in [0.05, 0.1) is 6.57 Å². The lowest BCUT2D eigenvalue weighted by molar-refractivity contribution is 0.442. The van der Waals surface area contributed by atoms with Crippen molar-refractivity contribution in [2.45, 2.75) is 13.8 Å². The summed E-state index contributed by atoms with van der Waals surface area (Å²) in [5, 5.41) is 0. The largest absolute Gasteiger partial charge is 0.243 e. The van der Waals surface area contributed by atoms with Crippen LogP contribution in [-0.4, -0.2) is 0 Å². The number of hydrogen-bond donors (Lipinski definition) is 0. The summed E-state index contributed by atoms with van der Waals surface area (Å²) >= 11 is 0. The van der Waals surface area contributed by atoms with Crippen LogP contribution in [0.3, 0.4) is 0 Å². The average Bonchev–Trinajstić information content (AvgIpc) is 2.29. The number of halogens is 4. The van der Waals surface area contributed by atoms with Gasteiger partial charge in [-0.2, -0.15) is 0 Å². The zero-order valence-electron chi connectivity index (χ0n) is 8.54. The Kier molecular flexibility index (Phi) is 3.33. The van der Waals surface area contributed by atoms with Gasteiger partial charge in [0.25, 0.3) is 0 Å². The molecule has 0 aliphatic carbocycles. The van der Waals surface area contributed by atoms with Crippen LogP contribution in [-0.2, 0) is 0 Å². The first-order chi connectivity index (χ1) is 7.40. The molecule has 1 aromatic rings. The number of rotatable bonds is 1. The van der Waals surface area contributed by atoms with Crippen LogP contribution in [0.2, 0.25) is 0 Å². The van der Waals surface area contributed by atoms with E-state index in [0.717, 1.165) is 13.0 Å². The smallest absolute Gasteiger partial charge is 0.168 e. The first kappa shape index (κ1) is 12.2. The van der Waals surface area contributed by atoms with E-state index >= 15 is 0 Å². The first-order valence-corrected chi connectivity index (χ1v) is 4.28. The molecule has 0 unspecified atom stereocenters. The summed E-state index contributed by atoms with van der Waals surface area (Å²) in [4.78, 5) is 2.88. The fourth-order valence-electron chi connectivity index (χ4n) is 1.13. The predicted octanol–water partition coefficient (Wildman–Crippen LogP) is 3.83. The third-order valence-corrected chi connectivity index (χ3v) is 2.05. The van der Waals surface area contributed by atoms with E-state index < -0.39 is 34.4 Å². The highest BCUT2D eigenvalue weighted by Crippen LogP contribution is 2.25. The van der Waals surface area contributed by atoms with E-state index in [-0.39, 0.29) is 5.70 Å². The molecule has 0 atom stereocenters. The number of allylic oxidation sites excluding steroid dienone is 1. The molecular weight excluding hydrogens is 222 g/mol. The SMILES string of the molecule is [C-]#[N+]/C(C)=C\c1c(F)c(F)c(C)c(F)c1F. The third-order valence-electron chi connectivity index (χ3n) is 2.05. The summed E-state index contributed by atoms with van der Waals surface area (Å²) < 4.78 is 52.7. The lowest BCUT2D eigenvalue weighted by atomic mass is 10.1. The van der Waals surface area contributed by atoms with E-state index in [0.29, 0.717) is 0 Å². The first-order valence-electron chi connectivity index (χ1n) is 4.28. The second-order valence-corrected chi connectivity index (χ2v) is 3.19. The highest BCUT2D eigenvalue weighted by Gasteiger charge is 2.21. The molecule has 0 spiro atoms. The van der Waals surface area contributed by atoms with Crippen LogP contribution in [0.25, 0.3) is 10.9 Å². The van der Waals surface area contributed by atoms with Gasteiger partial charge in [0.15, 0.2) is 29.0 Å². The maximum absolute atomic E-state index is 13.3. The fourth-order valence-corrected chi connectivity index (χ4v) is 1.13. The van der Waals surface area contributed by atoms with Crippen molar-refractivity contribution in [3.63, 3.8) is 0 Å². The molecule has 0 saturated heterocycles. The van der Waals surface area contributed by atoms with Gasteiger partial charge >= 0.3 is 0 Å². The second-order valence-electron chi connectivity index (χ2n) is 3.19. The van der Waals surface area contributed by atoms with Crippen LogP contribution in [0.4, 0.5) is 17.6 Å². The van der Waals surface area contributed by atoms with Crippen molar-refractivity contribution in [1.29, 1.82) is 0 Å². The van der Waals surface area contributed by atoms with Crippen molar-refractivity contribution in [1.82, 2.24) is 0 Å². The number of benzene rings is 1. The van der Waals surface area contributed by atoms with E-state index in [1.54, 1.807) is 0 Å². The van der Waals surface area contributed by atoms with Gasteiger partial charge in [-0.15, -0.1) is 0 Å². The molecule has 1 rings (SSSR count). The van der Waals surface area contributed by atoms with E-state index in [1.165, 1.54) is 6.92 Å². The van der Waals surface area contributed by atoms with Gasteiger partial charge in [-0.3, -0.25) is 0 Å². The molecule has 16 heavy (non-hydrogen) atoms. The number of hydrogen-bond acceptors (Lipinski definition) is 0. The van der Waals surface area contributed by atoms with Crippen molar-refractivity contribution in [3.05, 3.63) is 51.5 Å². The zero-order chi connectivity index (χ0) is 12.5. The van der Waals surface area contributed by atoms with Gasteiger partial charge in [0, 0.05) is 11.1 Å². The van der Waals surface area contributed by atoms with Crippen LogP contribution in [0, 0.1) is 36.8 Å². The van der Waals surface area contributed by atoms with Crippen molar-refractivity contribution < 1.29 is 17.6 Å². The molecule has 1 aromatic carbocycles. The molecule has 0 radical (unpaired) electrons. The Balaban J connectivity index is 3.60. The van der Waals surface area contributed by atoms with Crippen molar-refractivity contribution in [2.24, 2.45) is 0 Å². The van der Waals surface area contributed by atoms with E-state index in [1.807, 2.05) is 0 Å². The van der Waals surface area contributed by atoms with Crippen molar-refractivity contribution in [3.8, 4) is 0 Å². The number of nitrogens with zero attached hydrogens (tertiary/aromatic N) is 1. The molecule has 0 aromatic heterocycles. The predicted molar refractivity (Wildman–Crippen MR) is 51.3 cm³/mol. The highest BCUT2D eigenvalue weighted by atomic mass is 19.2. The van der Waals surface area contributed by atoms with E-state index in [4.69, 9.17) is 6.57 Å². The molecule has 0 fully saturated rings. The Labute approximate surface area is 89.8 Å². The Morgan fingerprint density at radius 3 is 1.88 bits per heavy atom. The normalized spacial score (nSPS) is 11.4. The fraction of sp³-hybridized carbons (Fsp3) is 0.182. The monoisotopic (exact) mass is 229 g/mol. The standard InChI is InChI=1S/C11H7F4N/c1-5(16-3)4-7-10(14)8(12)6(2)9(13)11(7)15/h4H,1-2H3/b5-4-. The van der Waals surface area contributed by atoms with Crippen LogP contribution < -0.4 is 0 Å². The van der Waals surface area contributed by atoms with Gasteiger partial charge in [-0.05, 0) is 19.9 Å². The van der Waals surface area contributed by atoms with Gasteiger partial charge < -0.3 is 0 Å². The molecule has 0 bridgehead atoms. The third kappa shape index (κ3) is 1.91. The molecule has 84 valence electrons. The Morgan fingerprint density at radius 2 is 1.50 bits per heavy atom.